The SMILES string of the molecule is c1ccc(-c2ccc(-c3ccc(N(c4ccc(-c5ccc6sc7ccccc7c6c5)cc4)c4ccc5c(ccc6ccccc65)c4)c4c3oc3ccccc34)cc2)cc1. The van der Waals surface area contributed by atoms with Gasteiger partial charge in [0.15, 0.2) is 0 Å². The molecular formula is C56H35NOS. The van der Waals surface area contributed by atoms with Crippen molar-refractivity contribution in [1.29, 1.82) is 0 Å². The van der Waals surface area contributed by atoms with Crippen LogP contribution >= 0.6 is 11.3 Å². The van der Waals surface area contributed by atoms with E-state index in [2.05, 4.69) is 217 Å². The lowest BCUT2D eigenvalue weighted by molar-refractivity contribution is 0.670. The molecule has 0 bridgehead atoms. The predicted octanol–water partition coefficient (Wildman–Crippen LogP) is 16.7. The summed E-state index contributed by atoms with van der Waals surface area (Å²) in [5.74, 6) is 0. The van der Waals surface area contributed by atoms with Crippen molar-refractivity contribution in [3.63, 3.8) is 0 Å². The zero-order chi connectivity index (χ0) is 38.9. The van der Waals surface area contributed by atoms with E-state index in [-0.39, 0.29) is 0 Å². The molecule has 276 valence electrons. The highest BCUT2D eigenvalue weighted by Crippen LogP contribution is 2.47. The molecule has 0 atom stereocenters. The largest absolute Gasteiger partial charge is 0.455 e. The summed E-state index contributed by atoms with van der Waals surface area (Å²) < 4.78 is 9.48. The highest BCUT2D eigenvalue weighted by molar-refractivity contribution is 7.25. The number of anilines is 3. The summed E-state index contributed by atoms with van der Waals surface area (Å²) in [6.45, 7) is 0. The smallest absolute Gasteiger partial charge is 0.145 e. The van der Waals surface area contributed by atoms with Crippen LogP contribution in [0.2, 0.25) is 0 Å². The third kappa shape index (κ3) is 5.62. The fraction of sp³-hybridized carbons (Fsp3) is 0. The van der Waals surface area contributed by atoms with Gasteiger partial charge in [-0.2, -0.15) is 0 Å². The van der Waals surface area contributed by atoms with Gasteiger partial charge in [-0.05, 0) is 110 Å². The molecule has 10 aromatic carbocycles. The Balaban J connectivity index is 1.04. The first-order valence-electron chi connectivity index (χ1n) is 20.1. The van der Waals surface area contributed by atoms with Gasteiger partial charge in [-0.15, -0.1) is 11.3 Å². The van der Waals surface area contributed by atoms with E-state index in [4.69, 9.17) is 4.42 Å². The molecule has 0 amide bonds. The minimum absolute atomic E-state index is 0.869. The molecule has 0 N–H and O–H groups in total. The molecule has 0 radical (unpaired) electrons. The molecule has 0 aliphatic heterocycles. The molecule has 0 fully saturated rings. The second-order valence-electron chi connectivity index (χ2n) is 15.3. The van der Waals surface area contributed by atoms with Gasteiger partial charge in [0.25, 0.3) is 0 Å². The molecule has 2 aromatic heterocycles. The quantitative estimate of drug-likeness (QED) is 0.157. The van der Waals surface area contributed by atoms with Crippen LogP contribution in [0.25, 0.3) is 97.0 Å². The fourth-order valence-corrected chi connectivity index (χ4v) is 10.1. The maximum Gasteiger partial charge on any atom is 0.145 e. The summed E-state index contributed by atoms with van der Waals surface area (Å²) in [5.41, 5.74) is 11.9. The standard InChI is InChI=1S/C56H35NOS/c1-2-10-36(11-3-1)37-18-20-40(21-19-37)47-31-32-51(55-49-15-6-8-16-52(49)58-56(47)55)57(44-29-30-46-42(34-44)23-22-39-12-4-5-13-45(39)46)43-27-24-38(25-28-43)41-26-33-54-50(35-41)48-14-7-9-17-53(48)59-54/h1-35H. The van der Waals surface area contributed by atoms with Gasteiger partial charge in [0, 0.05) is 42.5 Å². The van der Waals surface area contributed by atoms with E-state index < -0.39 is 0 Å². The monoisotopic (exact) mass is 769 g/mol. The average Bonchev–Trinajstić information content (AvgIpc) is 3.89. The molecule has 0 aliphatic rings. The first-order valence-corrected chi connectivity index (χ1v) is 20.9. The highest BCUT2D eigenvalue weighted by Gasteiger charge is 2.23. The lowest BCUT2D eigenvalue weighted by Crippen LogP contribution is -2.10. The molecule has 12 rings (SSSR count). The lowest BCUT2D eigenvalue weighted by Gasteiger charge is -2.27. The van der Waals surface area contributed by atoms with E-state index in [1.54, 1.807) is 0 Å². The van der Waals surface area contributed by atoms with Crippen molar-refractivity contribution in [2.75, 3.05) is 4.90 Å². The molecular weight excluding hydrogens is 735 g/mol. The van der Waals surface area contributed by atoms with Crippen LogP contribution < -0.4 is 4.90 Å². The fourth-order valence-electron chi connectivity index (χ4n) is 8.97. The average molecular weight is 770 g/mol. The Morgan fingerprint density at radius 1 is 0.356 bits per heavy atom. The molecule has 59 heavy (non-hydrogen) atoms. The second kappa shape index (κ2) is 13.6. The van der Waals surface area contributed by atoms with Crippen LogP contribution in [0.15, 0.2) is 217 Å². The molecule has 2 heterocycles. The van der Waals surface area contributed by atoms with Crippen LogP contribution in [0.4, 0.5) is 17.1 Å². The Hall–Kier alpha value is -7.46. The number of rotatable bonds is 6. The normalized spacial score (nSPS) is 11.7. The van der Waals surface area contributed by atoms with Crippen molar-refractivity contribution in [3.8, 4) is 33.4 Å². The molecule has 0 spiro atoms. The summed E-state index contributed by atoms with van der Waals surface area (Å²) in [7, 11) is 0. The molecule has 3 heteroatoms. The van der Waals surface area contributed by atoms with Gasteiger partial charge in [0.2, 0.25) is 0 Å². The Kier molecular flexibility index (Phi) is 7.75. The Morgan fingerprint density at radius 3 is 1.83 bits per heavy atom. The van der Waals surface area contributed by atoms with Crippen LogP contribution in [0, 0.1) is 0 Å². The third-order valence-electron chi connectivity index (χ3n) is 11.9. The van der Waals surface area contributed by atoms with Crippen LogP contribution in [0.5, 0.6) is 0 Å². The van der Waals surface area contributed by atoms with Crippen molar-refractivity contribution in [3.05, 3.63) is 212 Å². The van der Waals surface area contributed by atoms with Gasteiger partial charge in [0.05, 0.1) is 11.1 Å². The van der Waals surface area contributed by atoms with Gasteiger partial charge >= 0.3 is 0 Å². The predicted molar refractivity (Wildman–Crippen MR) is 253 cm³/mol. The Bertz CT molecular complexity index is 3540. The molecule has 2 nitrogen and oxygen atoms in total. The van der Waals surface area contributed by atoms with Crippen molar-refractivity contribution in [2.24, 2.45) is 0 Å². The van der Waals surface area contributed by atoms with E-state index >= 15 is 0 Å². The summed E-state index contributed by atoms with van der Waals surface area (Å²) in [6, 6.07) is 76.9. The number of fused-ring (bicyclic) bond motifs is 9. The summed E-state index contributed by atoms with van der Waals surface area (Å²) >= 11 is 1.86. The zero-order valence-corrected chi connectivity index (χ0v) is 32.8. The van der Waals surface area contributed by atoms with Crippen molar-refractivity contribution >= 4 is 92.1 Å². The third-order valence-corrected chi connectivity index (χ3v) is 13.0. The maximum absolute atomic E-state index is 6.84. The number of thiophene rings is 1. The number of nitrogens with zero attached hydrogens (tertiary/aromatic N) is 1. The summed E-state index contributed by atoms with van der Waals surface area (Å²) in [5, 5.41) is 9.73. The van der Waals surface area contributed by atoms with E-state index in [1.165, 1.54) is 64.0 Å². The van der Waals surface area contributed by atoms with Gasteiger partial charge < -0.3 is 9.32 Å². The zero-order valence-electron chi connectivity index (χ0n) is 32.0. The van der Waals surface area contributed by atoms with Crippen molar-refractivity contribution in [2.45, 2.75) is 0 Å². The minimum Gasteiger partial charge on any atom is -0.455 e. The van der Waals surface area contributed by atoms with Gasteiger partial charge in [-0.3, -0.25) is 0 Å². The first-order chi connectivity index (χ1) is 29.2. The summed E-state index contributed by atoms with van der Waals surface area (Å²) in [6.07, 6.45) is 0. The number of hydrogen-bond donors (Lipinski definition) is 0. The maximum atomic E-state index is 6.84. The molecule has 12 aromatic rings. The minimum atomic E-state index is 0.869. The Morgan fingerprint density at radius 2 is 0.966 bits per heavy atom. The van der Waals surface area contributed by atoms with Gasteiger partial charge in [-0.25, -0.2) is 0 Å². The highest BCUT2D eigenvalue weighted by atomic mass is 32.1. The van der Waals surface area contributed by atoms with E-state index in [1.807, 2.05) is 11.3 Å². The second-order valence-corrected chi connectivity index (χ2v) is 16.3. The van der Waals surface area contributed by atoms with Gasteiger partial charge in [0.1, 0.15) is 11.2 Å². The van der Waals surface area contributed by atoms with E-state index in [0.29, 0.717) is 0 Å². The summed E-state index contributed by atoms with van der Waals surface area (Å²) in [4.78, 5) is 2.40. The first kappa shape index (κ1) is 33.7. The Labute approximate surface area is 345 Å². The number of hydrogen-bond acceptors (Lipinski definition) is 3. The molecule has 0 unspecified atom stereocenters. The van der Waals surface area contributed by atoms with Gasteiger partial charge in [-0.1, -0.05) is 152 Å². The van der Waals surface area contributed by atoms with Crippen molar-refractivity contribution in [1.82, 2.24) is 0 Å². The molecule has 0 saturated heterocycles. The lowest BCUT2D eigenvalue weighted by atomic mass is 9.97. The molecule has 0 aliphatic carbocycles. The van der Waals surface area contributed by atoms with Crippen LogP contribution in [0.3, 0.4) is 0 Å². The van der Waals surface area contributed by atoms with Crippen LogP contribution in [-0.2, 0) is 0 Å². The van der Waals surface area contributed by atoms with Crippen molar-refractivity contribution < 1.29 is 4.42 Å². The van der Waals surface area contributed by atoms with E-state index in [9.17, 15) is 0 Å². The topological polar surface area (TPSA) is 16.4 Å². The van der Waals surface area contributed by atoms with E-state index in [0.717, 1.165) is 50.1 Å². The van der Waals surface area contributed by atoms with Crippen LogP contribution in [0.1, 0.15) is 0 Å². The number of para-hydroxylation sites is 1. The number of furan rings is 1. The van der Waals surface area contributed by atoms with Crippen LogP contribution in [-0.4, -0.2) is 0 Å². The number of benzene rings is 10. The molecule has 0 saturated carbocycles.